The molecule has 0 saturated heterocycles. The van der Waals surface area contributed by atoms with Crippen LogP contribution in [0.2, 0.25) is 0 Å². The molecule has 1 fully saturated rings. The van der Waals surface area contributed by atoms with Crippen LogP contribution < -0.4 is 0 Å². The molecule has 82 valence electrons. The quantitative estimate of drug-likeness (QED) is 0.462. The lowest BCUT2D eigenvalue weighted by Gasteiger charge is -2.23. The second-order valence-electron chi connectivity index (χ2n) is 4.44. The molecule has 0 aromatic carbocycles. The van der Waals surface area contributed by atoms with Gasteiger partial charge in [0.2, 0.25) is 0 Å². The first-order valence-corrected chi connectivity index (χ1v) is 6.01. The van der Waals surface area contributed by atoms with Gasteiger partial charge in [-0.05, 0) is 38.0 Å². The number of rotatable bonds is 6. The predicted molar refractivity (Wildman–Crippen MR) is 61.4 cm³/mol. The largest absolute Gasteiger partial charge is 0.385 e. The fourth-order valence-corrected chi connectivity index (χ4v) is 2.31. The van der Waals surface area contributed by atoms with Crippen molar-refractivity contribution in [2.75, 3.05) is 13.7 Å². The number of hydrogen-bond acceptors (Lipinski definition) is 1. The van der Waals surface area contributed by atoms with Crippen LogP contribution in [0.5, 0.6) is 0 Å². The minimum Gasteiger partial charge on any atom is -0.385 e. The van der Waals surface area contributed by atoms with E-state index < -0.39 is 0 Å². The van der Waals surface area contributed by atoms with Crippen LogP contribution >= 0.6 is 0 Å². The molecule has 0 aromatic heterocycles. The van der Waals surface area contributed by atoms with E-state index in [0.29, 0.717) is 0 Å². The lowest BCUT2D eigenvalue weighted by molar-refractivity contribution is 0.192. The van der Waals surface area contributed by atoms with E-state index in [9.17, 15) is 0 Å². The molecule has 0 bridgehead atoms. The third kappa shape index (κ3) is 4.28. The molecule has 14 heavy (non-hydrogen) atoms. The number of allylic oxidation sites excluding steroid dienone is 1. The van der Waals surface area contributed by atoms with Gasteiger partial charge < -0.3 is 4.74 Å². The van der Waals surface area contributed by atoms with Crippen LogP contribution in [0.15, 0.2) is 12.2 Å². The average Bonchev–Trinajstić information content (AvgIpc) is 2.25. The van der Waals surface area contributed by atoms with E-state index in [4.69, 9.17) is 4.74 Å². The zero-order chi connectivity index (χ0) is 10.2. The zero-order valence-corrected chi connectivity index (χ0v) is 9.56. The first-order chi connectivity index (χ1) is 6.84. The maximum Gasteiger partial charge on any atom is 0.0462 e. The van der Waals surface area contributed by atoms with E-state index in [0.717, 1.165) is 12.5 Å². The lowest BCUT2D eigenvalue weighted by atomic mass is 9.83. The van der Waals surface area contributed by atoms with Crippen LogP contribution in [0.3, 0.4) is 0 Å². The Hall–Kier alpha value is -0.300. The van der Waals surface area contributed by atoms with Gasteiger partial charge >= 0.3 is 0 Å². The normalized spacial score (nSPS) is 18.4. The molecule has 1 nitrogen and oxygen atoms in total. The Labute approximate surface area is 88.5 Å². The van der Waals surface area contributed by atoms with E-state index in [1.54, 1.807) is 7.11 Å². The predicted octanol–water partition coefficient (Wildman–Crippen LogP) is 3.94. The number of ether oxygens (including phenoxy) is 1. The Morgan fingerprint density at radius 3 is 2.57 bits per heavy atom. The molecular formula is C13H24O. The smallest absolute Gasteiger partial charge is 0.0462 e. The second kappa shape index (κ2) is 7.05. The minimum atomic E-state index is 0.839. The second-order valence-corrected chi connectivity index (χ2v) is 4.44. The number of unbranched alkanes of at least 4 members (excludes halogenated alkanes) is 1. The maximum absolute atomic E-state index is 5.04. The average molecular weight is 196 g/mol. The first-order valence-electron chi connectivity index (χ1n) is 6.01. The Kier molecular flexibility index (Phi) is 5.93. The van der Waals surface area contributed by atoms with Gasteiger partial charge in [-0.25, -0.2) is 0 Å². The van der Waals surface area contributed by atoms with Crippen LogP contribution in [0.4, 0.5) is 0 Å². The summed E-state index contributed by atoms with van der Waals surface area (Å²) in [6.07, 6.45) is 10.7. The van der Waals surface area contributed by atoms with Gasteiger partial charge in [-0.1, -0.05) is 31.4 Å². The van der Waals surface area contributed by atoms with Crippen molar-refractivity contribution in [2.45, 2.75) is 51.4 Å². The molecular weight excluding hydrogens is 172 g/mol. The summed E-state index contributed by atoms with van der Waals surface area (Å²) in [5.41, 5.74) is 1.50. The third-order valence-corrected chi connectivity index (χ3v) is 3.28. The Morgan fingerprint density at radius 1 is 1.21 bits per heavy atom. The fraction of sp³-hybridized carbons (Fsp3) is 0.846. The summed E-state index contributed by atoms with van der Waals surface area (Å²) < 4.78 is 5.04. The SMILES string of the molecule is C=C(CCCCOC)C1CCCCC1. The van der Waals surface area contributed by atoms with Gasteiger partial charge in [-0.2, -0.15) is 0 Å². The highest BCUT2D eigenvalue weighted by atomic mass is 16.5. The van der Waals surface area contributed by atoms with Crippen LogP contribution in [0, 0.1) is 5.92 Å². The Bertz CT molecular complexity index is 157. The highest BCUT2D eigenvalue weighted by Crippen LogP contribution is 2.30. The van der Waals surface area contributed by atoms with Gasteiger partial charge in [0.15, 0.2) is 0 Å². The lowest BCUT2D eigenvalue weighted by Crippen LogP contribution is -2.08. The summed E-state index contributed by atoms with van der Waals surface area (Å²) >= 11 is 0. The molecule has 0 radical (unpaired) electrons. The molecule has 1 aliphatic carbocycles. The summed E-state index contributed by atoms with van der Waals surface area (Å²) in [4.78, 5) is 0. The third-order valence-electron chi connectivity index (χ3n) is 3.28. The van der Waals surface area contributed by atoms with Crippen molar-refractivity contribution in [3.8, 4) is 0 Å². The molecule has 1 heteroatoms. The molecule has 1 aliphatic rings. The van der Waals surface area contributed by atoms with E-state index in [-0.39, 0.29) is 0 Å². The highest BCUT2D eigenvalue weighted by Gasteiger charge is 2.15. The molecule has 0 N–H and O–H groups in total. The molecule has 0 aliphatic heterocycles. The number of methoxy groups -OCH3 is 1. The molecule has 0 atom stereocenters. The van der Waals surface area contributed by atoms with Crippen LogP contribution in [0.25, 0.3) is 0 Å². The van der Waals surface area contributed by atoms with Crippen molar-refractivity contribution < 1.29 is 4.74 Å². The summed E-state index contributed by atoms with van der Waals surface area (Å²) in [5, 5.41) is 0. The van der Waals surface area contributed by atoms with Crippen LogP contribution in [0.1, 0.15) is 51.4 Å². The molecule has 0 spiro atoms. The molecule has 0 amide bonds. The fourth-order valence-electron chi connectivity index (χ4n) is 2.31. The van der Waals surface area contributed by atoms with Gasteiger partial charge in [0.1, 0.15) is 0 Å². The van der Waals surface area contributed by atoms with E-state index in [1.807, 2.05) is 0 Å². The van der Waals surface area contributed by atoms with Crippen molar-refractivity contribution in [2.24, 2.45) is 5.92 Å². The Balaban J connectivity index is 2.07. The summed E-state index contributed by atoms with van der Waals surface area (Å²) in [7, 11) is 1.77. The summed E-state index contributed by atoms with van der Waals surface area (Å²) in [5.74, 6) is 0.839. The standard InChI is InChI=1S/C13H24O/c1-12(8-6-7-11-14-2)13-9-4-3-5-10-13/h13H,1,3-11H2,2H3. The number of hydrogen-bond donors (Lipinski definition) is 0. The monoisotopic (exact) mass is 196 g/mol. The van der Waals surface area contributed by atoms with Gasteiger partial charge in [0.05, 0.1) is 0 Å². The Morgan fingerprint density at radius 2 is 1.93 bits per heavy atom. The topological polar surface area (TPSA) is 9.23 Å². The van der Waals surface area contributed by atoms with Crippen LogP contribution in [-0.2, 0) is 4.74 Å². The van der Waals surface area contributed by atoms with Crippen molar-refractivity contribution in [1.29, 1.82) is 0 Å². The molecule has 0 unspecified atom stereocenters. The summed E-state index contributed by atoms with van der Waals surface area (Å²) in [6, 6.07) is 0. The highest BCUT2D eigenvalue weighted by molar-refractivity contribution is 5.01. The maximum atomic E-state index is 5.04. The molecule has 0 aromatic rings. The van der Waals surface area contributed by atoms with E-state index in [1.165, 1.54) is 56.9 Å². The molecule has 1 rings (SSSR count). The van der Waals surface area contributed by atoms with Gasteiger partial charge in [-0.3, -0.25) is 0 Å². The minimum absolute atomic E-state index is 0.839. The molecule has 0 heterocycles. The van der Waals surface area contributed by atoms with Crippen LogP contribution in [-0.4, -0.2) is 13.7 Å². The zero-order valence-electron chi connectivity index (χ0n) is 9.56. The van der Waals surface area contributed by atoms with Gasteiger partial charge in [0, 0.05) is 13.7 Å². The van der Waals surface area contributed by atoms with Crippen molar-refractivity contribution in [3.63, 3.8) is 0 Å². The summed E-state index contributed by atoms with van der Waals surface area (Å²) in [6.45, 7) is 5.14. The van der Waals surface area contributed by atoms with Crippen molar-refractivity contribution in [3.05, 3.63) is 12.2 Å². The van der Waals surface area contributed by atoms with E-state index >= 15 is 0 Å². The molecule has 1 saturated carbocycles. The van der Waals surface area contributed by atoms with Gasteiger partial charge in [0.25, 0.3) is 0 Å². The van der Waals surface area contributed by atoms with E-state index in [2.05, 4.69) is 6.58 Å². The first kappa shape index (κ1) is 11.8. The van der Waals surface area contributed by atoms with Gasteiger partial charge in [-0.15, -0.1) is 0 Å². The van der Waals surface area contributed by atoms with Crippen molar-refractivity contribution in [1.82, 2.24) is 0 Å². The van der Waals surface area contributed by atoms with Crippen molar-refractivity contribution >= 4 is 0 Å².